The Kier molecular flexibility index (Phi) is 3.92. The van der Waals surface area contributed by atoms with E-state index in [2.05, 4.69) is 5.10 Å². The normalized spacial score (nSPS) is 18.2. The summed E-state index contributed by atoms with van der Waals surface area (Å²) in [7, 11) is 0. The predicted molar refractivity (Wildman–Crippen MR) is 77.7 cm³/mol. The van der Waals surface area contributed by atoms with Crippen molar-refractivity contribution in [2.24, 2.45) is 0 Å². The Morgan fingerprint density at radius 3 is 3.05 bits per heavy atom. The van der Waals surface area contributed by atoms with E-state index in [0.29, 0.717) is 18.7 Å². The van der Waals surface area contributed by atoms with Gasteiger partial charge in [0.2, 0.25) is 0 Å². The Bertz CT molecular complexity index is 644. The highest BCUT2D eigenvalue weighted by Crippen LogP contribution is 2.25. The Hall–Kier alpha value is -1.88. The van der Waals surface area contributed by atoms with Crippen molar-refractivity contribution in [3.05, 3.63) is 53.1 Å². The summed E-state index contributed by atoms with van der Waals surface area (Å²) >= 11 is 5.99. The van der Waals surface area contributed by atoms with Gasteiger partial charge in [-0.1, -0.05) is 11.6 Å². The van der Waals surface area contributed by atoms with Crippen LogP contribution in [0.3, 0.4) is 0 Å². The summed E-state index contributed by atoms with van der Waals surface area (Å²) in [6.07, 6.45) is 5.49. The number of carbonyl (C=O) groups is 1. The maximum atomic E-state index is 13.1. The summed E-state index contributed by atoms with van der Waals surface area (Å²) in [5.74, 6) is -0.583. The van der Waals surface area contributed by atoms with Crippen LogP contribution in [0.1, 0.15) is 23.2 Å². The lowest BCUT2D eigenvalue weighted by Gasteiger charge is -2.25. The second-order valence-corrected chi connectivity index (χ2v) is 5.55. The van der Waals surface area contributed by atoms with Crippen LogP contribution in [0.4, 0.5) is 4.39 Å². The molecule has 0 bridgehead atoms. The quantitative estimate of drug-likeness (QED) is 0.874. The number of halogens is 2. The molecule has 21 heavy (non-hydrogen) atoms. The standard InChI is InChI=1S/C15H15ClFN3O/c16-14-9-11(17)4-5-13(14)15(21)20-8-1-3-12(20)10-19-7-2-6-18-19/h2,4-7,9,12H,1,3,8,10H2. The highest BCUT2D eigenvalue weighted by Gasteiger charge is 2.30. The van der Waals surface area contributed by atoms with Gasteiger partial charge in [0.25, 0.3) is 5.91 Å². The molecule has 1 aliphatic heterocycles. The number of hydrogen-bond donors (Lipinski definition) is 0. The zero-order chi connectivity index (χ0) is 14.8. The molecule has 1 aliphatic rings. The fourth-order valence-corrected chi connectivity index (χ4v) is 2.98. The van der Waals surface area contributed by atoms with Gasteiger partial charge in [0.05, 0.1) is 23.2 Å². The molecule has 0 spiro atoms. The van der Waals surface area contributed by atoms with E-state index < -0.39 is 5.82 Å². The average Bonchev–Trinajstić information content (AvgIpc) is 3.10. The molecule has 0 radical (unpaired) electrons. The summed E-state index contributed by atoms with van der Waals surface area (Å²) in [5.41, 5.74) is 0.352. The molecule has 3 rings (SSSR count). The van der Waals surface area contributed by atoms with Crippen molar-refractivity contribution < 1.29 is 9.18 Å². The number of rotatable bonds is 3. The van der Waals surface area contributed by atoms with Crippen LogP contribution in [-0.2, 0) is 6.54 Å². The Morgan fingerprint density at radius 1 is 1.48 bits per heavy atom. The van der Waals surface area contributed by atoms with E-state index >= 15 is 0 Å². The molecule has 2 heterocycles. The molecule has 0 saturated carbocycles. The van der Waals surface area contributed by atoms with Crippen molar-refractivity contribution in [3.8, 4) is 0 Å². The molecule has 1 aromatic carbocycles. The molecule has 1 fully saturated rings. The molecule has 4 nitrogen and oxygen atoms in total. The molecule has 1 saturated heterocycles. The first kappa shape index (κ1) is 14.1. The first-order valence-corrected chi connectivity index (χ1v) is 7.26. The van der Waals surface area contributed by atoms with E-state index in [0.717, 1.165) is 12.8 Å². The number of carbonyl (C=O) groups excluding carboxylic acids is 1. The lowest BCUT2D eigenvalue weighted by molar-refractivity contribution is 0.0722. The van der Waals surface area contributed by atoms with E-state index in [4.69, 9.17) is 11.6 Å². The van der Waals surface area contributed by atoms with Crippen molar-refractivity contribution in [2.75, 3.05) is 6.54 Å². The van der Waals surface area contributed by atoms with Crippen LogP contribution in [0.5, 0.6) is 0 Å². The van der Waals surface area contributed by atoms with Gasteiger partial charge < -0.3 is 4.90 Å². The number of aromatic nitrogens is 2. The molecule has 1 aromatic heterocycles. The average molecular weight is 308 g/mol. The van der Waals surface area contributed by atoms with E-state index in [1.165, 1.54) is 18.2 Å². The van der Waals surface area contributed by atoms with E-state index in [-0.39, 0.29) is 17.0 Å². The van der Waals surface area contributed by atoms with Crippen LogP contribution in [0, 0.1) is 5.82 Å². The van der Waals surface area contributed by atoms with Gasteiger partial charge >= 0.3 is 0 Å². The third-order valence-corrected chi connectivity index (χ3v) is 4.07. The molecule has 110 valence electrons. The molecule has 0 aliphatic carbocycles. The van der Waals surface area contributed by atoms with Crippen LogP contribution in [0.2, 0.25) is 5.02 Å². The first-order valence-electron chi connectivity index (χ1n) is 6.88. The second-order valence-electron chi connectivity index (χ2n) is 5.15. The number of hydrogen-bond acceptors (Lipinski definition) is 2. The van der Waals surface area contributed by atoms with Crippen molar-refractivity contribution >= 4 is 17.5 Å². The second kappa shape index (κ2) is 5.85. The third kappa shape index (κ3) is 2.93. The molecule has 1 amide bonds. The molecule has 2 aromatic rings. The Balaban J connectivity index is 1.79. The highest BCUT2D eigenvalue weighted by molar-refractivity contribution is 6.33. The summed E-state index contributed by atoms with van der Waals surface area (Å²) in [6.45, 7) is 1.36. The van der Waals surface area contributed by atoms with Crippen LogP contribution in [-0.4, -0.2) is 33.2 Å². The zero-order valence-electron chi connectivity index (χ0n) is 11.4. The van der Waals surface area contributed by atoms with Gasteiger partial charge in [-0.25, -0.2) is 4.39 Å². The minimum absolute atomic E-state index is 0.0959. The van der Waals surface area contributed by atoms with E-state index in [1.807, 2.05) is 16.9 Å². The SMILES string of the molecule is O=C(c1ccc(F)cc1Cl)N1CCCC1Cn1cccn1. The maximum absolute atomic E-state index is 13.1. The number of nitrogens with zero attached hydrogens (tertiary/aromatic N) is 3. The summed E-state index contributed by atoms with van der Waals surface area (Å²) in [6, 6.07) is 5.84. The van der Waals surface area contributed by atoms with Crippen molar-refractivity contribution in [2.45, 2.75) is 25.4 Å². The van der Waals surface area contributed by atoms with Gasteiger partial charge in [-0.15, -0.1) is 0 Å². The van der Waals surface area contributed by atoms with Crippen LogP contribution >= 0.6 is 11.6 Å². The molecular weight excluding hydrogens is 293 g/mol. The molecule has 1 atom stereocenters. The number of benzene rings is 1. The fourth-order valence-electron chi connectivity index (χ4n) is 2.73. The summed E-state index contributed by atoms with van der Waals surface area (Å²) < 4.78 is 14.9. The molecule has 1 unspecified atom stereocenters. The zero-order valence-corrected chi connectivity index (χ0v) is 12.1. The summed E-state index contributed by atoms with van der Waals surface area (Å²) in [4.78, 5) is 14.4. The van der Waals surface area contributed by atoms with E-state index in [1.54, 1.807) is 11.1 Å². The lowest BCUT2D eigenvalue weighted by Crippen LogP contribution is -2.38. The monoisotopic (exact) mass is 307 g/mol. The lowest BCUT2D eigenvalue weighted by atomic mass is 10.1. The van der Waals surface area contributed by atoms with Crippen LogP contribution < -0.4 is 0 Å². The van der Waals surface area contributed by atoms with Crippen LogP contribution in [0.25, 0.3) is 0 Å². The Morgan fingerprint density at radius 2 is 2.33 bits per heavy atom. The van der Waals surface area contributed by atoms with Crippen LogP contribution in [0.15, 0.2) is 36.7 Å². The summed E-state index contributed by atoms with van der Waals surface area (Å²) in [5, 5.41) is 4.34. The molecule has 6 heteroatoms. The Labute approximate surface area is 127 Å². The number of amides is 1. The van der Waals surface area contributed by atoms with E-state index in [9.17, 15) is 9.18 Å². The van der Waals surface area contributed by atoms with Gasteiger partial charge in [-0.3, -0.25) is 9.48 Å². The van der Waals surface area contributed by atoms with Gasteiger partial charge in [0, 0.05) is 18.9 Å². The van der Waals surface area contributed by atoms with Crippen molar-refractivity contribution in [3.63, 3.8) is 0 Å². The minimum atomic E-state index is -0.439. The molecule has 0 N–H and O–H groups in total. The minimum Gasteiger partial charge on any atom is -0.334 e. The van der Waals surface area contributed by atoms with Crippen molar-refractivity contribution in [1.82, 2.24) is 14.7 Å². The smallest absolute Gasteiger partial charge is 0.255 e. The van der Waals surface area contributed by atoms with Gasteiger partial charge in [-0.05, 0) is 37.1 Å². The topological polar surface area (TPSA) is 38.1 Å². The highest BCUT2D eigenvalue weighted by atomic mass is 35.5. The maximum Gasteiger partial charge on any atom is 0.255 e. The van der Waals surface area contributed by atoms with Gasteiger partial charge in [-0.2, -0.15) is 5.10 Å². The third-order valence-electron chi connectivity index (χ3n) is 3.76. The first-order chi connectivity index (χ1) is 10.1. The van der Waals surface area contributed by atoms with Gasteiger partial charge in [0.1, 0.15) is 5.82 Å². The molecular formula is C15H15ClFN3O. The number of likely N-dealkylation sites (tertiary alicyclic amines) is 1. The van der Waals surface area contributed by atoms with Gasteiger partial charge in [0.15, 0.2) is 0 Å². The van der Waals surface area contributed by atoms with Crippen molar-refractivity contribution in [1.29, 1.82) is 0 Å². The fraction of sp³-hybridized carbons (Fsp3) is 0.333. The largest absolute Gasteiger partial charge is 0.334 e. The predicted octanol–water partition coefficient (Wildman–Crippen LogP) is 2.98.